The molecule has 1 heterocycles. The van der Waals surface area contributed by atoms with Gasteiger partial charge in [-0.3, -0.25) is 0 Å². The summed E-state index contributed by atoms with van der Waals surface area (Å²) < 4.78 is 0. The molecule has 0 aliphatic carbocycles. The molecule has 0 aliphatic heterocycles. The Bertz CT molecular complexity index is 247. The Morgan fingerprint density at radius 3 is 2.83 bits per heavy atom. The fourth-order valence-corrected chi connectivity index (χ4v) is 2.11. The van der Waals surface area contributed by atoms with E-state index < -0.39 is 0 Å². The first-order chi connectivity index (χ1) is 5.81. The predicted molar refractivity (Wildman–Crippen MR) is 50.2 cm³/mol. The largest absolute Gasteiger partial charge is 0.389 e. The van der Waals surface area contributed by atoms with Gasteiger partial charge in [0.25, 0.3) is 0 Å². The second kappa shape index (κ2) is 4.54. The van der Waals surface area contributed by atoms with Crippen LogP contribution in [0.15, 0.2) is 0 Å². The molecule has 0 bridgehead atoms. The van der Waals surface area contributed by atoms with E-state index in [1.807, 2.05) is 7.05 Å². The van der Waals surface area contributed by atoms with E-state index in [1.165, 1.54) is 4.88 Å². The Balaban J connectivity index is 2.84. The lowest BCUT2D eigenvalue weighted by Gasteiger charge is -1.96. The monoisotopic (exact) mass is 186 g/mol. The van der Waals surface area contributed by atoms with Crippen LogP contribution in [0, 0.1) is 0 Å². The highest BCUT2D eigenvalue weighted by molar-refractivity contribution is 7.11. The van der Waals surface area contributed by atoms with Gasteiger partial charge in [-0.15, -0.1) is 11.3 Å². The predicted octanol–water partition coefficient (Wildman–Crippen LogP) is 0.917. The normalized spacial score (nSPS) is 10.6. The maximum Gasteiger partial charge on any atom is 0.119 e. The van der Waals surface area contributed by atoms with E-state index in [-0.39, 0.29) is 6.61 Å². The molecule has 0 amide bonds. The van der Waals surface area contributed by atoms with Crippen LogP contribution in [0.4, 0.5) is 0 Å². The molecule has 0 spiro atoms. The van der Waals surface area contributed by atoms with Crippen LogP contribution in [0.5, 0.6) is 0 Å². The molecule has 0 fully saturated rings. The Labute approximate surface area is 76.5 Å². The minimum atomic E-state index is 0.0569. The number of aliphatic hydroxyl groups excluding tert-OH is 1. The number of rotatable bonds is 4. The number of aryl methyl sites for hydroxylation is 1. The third-order valence-electron chi connectivity index (χ3n) is 1.63. The van der Waals surface area contributed by atoms with Crippen molar-refractivity contribution < 1.29 is 5.11 Å². The van der Waals surface area contributed by atoms with E-state index in [1.54, 1.807) is 11.3 Å². The van der Waals surface area contributed by atoms with Crippen LogP contribution >= 0.6 is 11.3 Å². The molecule has 0 saturated carbocycles. The van der Waals surface area contributed by atoms with Gasteiger partial charge in [0.2, 0.25) is 0 Å². The molecule has 0 aliphatic rings. The van der Waals surface area contributed by atoms with E-state index in [9.17, 15) is 0 Å². The van der Waals surface area contributed by atoms with Gasteiger partial charge in [-0.1, -0.05) is 6.92 Å². The van der Waals surface area contributed by atoms with E-state index in [4.69, 9.17) is 5.11 Å². The minimum Gasteiger partial charge on any atom is -0.389 e. The van der Waals surface area contributed by atoms with Crippen LogP contribution in [-0.4, -0.2) is 17.1 Å². The summed E-state index contributed by atoms with van der Waals surface area (Å²) >= 11 is 1.59. The number of nitrogens with zero attached hydrogens (tertiary/aromatic N) is 1. The molecular formula is C8H14N2OS. The topological polar surface area (TPSA) is 45.2 Å². The molecule has 1 rings (SSSR count). The summed E-state index contributed by atoms with van der Waals surface area (Å²) in [7, 11) is 1.91. The number of hydrogen-bond donors (Lipinski definition) is 2. The van der Waals surface area contributed by atoms with Crippen LogP contribution in [0.2, 0.25) is 0 Å². The first-order valence-corrected chi connectivity index (χ1v) is 4.86. The molecule has 2 N–H and O–H groups in total. The van der Waals surface area contributed by atoms with Crippen molar-refractivity contribution in [3.8, 4) is 0 Å². The second-order valence-electron chi connectivity index (χ2n) is 2.52. The van der Waals surface area contributed by atoms with Crippen molar-refractivity contribution in [2.24, 2.45) is 0 Å². The summed E-state index contributed by atoms with van der Waals surface area (Å²) in [5.41, 5.74) is 1.11. The Morgan fingerprint density at radius 1 is 1.58 bits per heavy atom. The van der Waals surface area contributed by atoms with Crippen LogP contribution in [0.3, 0.4) is 0 Å². The first-order valence-electron chi connectivity index (χ1n) is 4.04. The van der Waals surface area contributed by atoms with Gasteiger partial charge in [0.1, 0.15) is 5.01 Å². The number of nitrogens with one attached hydrogen (secondary N) is 1. The van der Waals surface area contributed by atoms with Crippen molar-refractivity contribution in [1.29, 1.82) is 0 Å². The molecule has 0 saturated heterocycles. The van der Waals surface area contributed by atoms with Gasteiger partial charge in [0.05, 0.1) is 12.3 Å². The summed E-state index contributed by atoms with van der Waals surface area (Å²) in [5.74, 6) is 0. The Morgan fingerprint density at radius 2 is 2.33 bits per heavy atom. The lowest BCUT2D eigenvalue weighted by atomic mass is 10.3. The van der Waals surface area contributed by atoms with Crippen LogP contribution in [0.25, 0.3) is 0 Å². The highest BCUT2D eigenvalue weighted by atomic mass is 32.1. The summed E-state index contributed by atoms with van der Waals surface area (Å²) in [4.78, 5) is 5.53. The molecule has 68 valence electrons. The van der Waals surface area contributed by atoms with E-state index in [2.05, 4.69) is 17.2 Å². The molecule has 0 unspecified atom stereocenters. The zero-order valence-corrected chi connectivity index (χ0v) is 8.24. The highest BCUT2D eigenvalue weighted by Gasteiger charge is 2.07. The molecule has 1 aromatic rings. The first kappa shape index (κ1) is 9.64. The van der Waals surface area contributed by atoms with Gasteiger partial charge in [-0.2, -0.15) is 0 Å². The quantitative estimate of drug-likeness (QED) is 0.735. The molecular weight excluding hydrogens is 172 g/mol. The Hall–Kier alpha value is -0.450. The smallest absolute Gasteiger partial charge is 0.119 e. The molecule has 0 radical (unpaired) electrons. The summed E-state index contributed by atoms with van der Waals surface area (Å²) in [5, 5.41) is 12.8. The van der Waals surface area contributed by atoms with Gasteiger partial charge in [0, 0.05) is 11.4 Å². The Kier molecular flexibility index (Phi) is 3.65. The fourth-order valence-electron chi connectivity index (χ4n) is 1.08. The van der Waals surface area contributed by atoms with Crippen LogP contribution in [-0.2, 0) is 19.6 Å². The van der Waals surface area contributed by atoms with Crippen molar-refractivity contribution in [2.45, 2.75) is 26.5 Å². The van der Waals surface area contributed by atoms with Gasteiger partial charge < -0.3 is 10.4 Å². The van der Waals surface area contributed by atoms with Crippen molar-refractivity contribution in [3.05, 3.63) is 15.6 Å². The minimum absolute atomic E-state index is 0.0569. The van der Waals surface area contributed by atoms with Crippen molar-refractivity contribution >= 4 is 11.3 Å². The van der Waals surface area contributed by atoms with Gasteiger partial charge in [-0.25, -0.2) is 4.98 Å². The summed E-state index contributed by atoms with van der Waals surface area (Å²) in [6.07, 6.45) is 0.938. The molecule has 4 heteroatoms. The maximum absolute atomic E-state index is 8.87. The number of aromatic nitrogens is 1. The summed E-state index contributed by atoms with van der Waals surface area (Å²) in [6.45, 7) is 2.98. The molecule has 0 aromatic carbocycles. The van der Waals surface area contributed by atoms with Crippen molar-refractivity contribution in [3.63, 3.8) is 0 Å². The third-order valence-corrected chi connectivity index (χ3v) is 2.71. The lowest BCUT2D eigenvalue weighted by molar-refractivity contribution is 0.281. The third kappa shape index (κ3) is 2.03. The molecule has 3 nitrogen and oxygen atoms in total. The zero-order chi connectivity index (χ0) is 8.97. The number of hydrogen-bond acceptors (Lipinski definition) is 4. The van der Waals surface area contributed by atoms with Crippen molar-refractivity contribution in [2.75, 3.05) is 7.05 Å². The molecule has 1 aromatic heterocycles. The van der Waals surface area contributed by atoms with Crippen molar-refractivity contribution in [1.82, 2.24) is 10.3 Å². The van der Waals surface area contributed by atoms with E-state index in [0.717, 1.165) is 23.7 Å². The molecule has 12 heavy (non-hydrogen) atoms. The molecule has 0 atom stereocenters. The average Bonchev–Trinajstić information content (AvgIpc) is 2.48. The van der Waals surface area contributed by atoms with Crippen LogP contribution < -0.4 is 5.32 Å². The average molecular weight is 186 g/mol. The standard InChI is InChI=1S/C8H14N2OS/c1-3-6-7(4-9-2)12-8(5-11)10-6/h9,11H,3-5H2,1-2H3. The van der Waals surface area contributed by atoms with Crippen LogP contribution in [0.1, 0.15) is 22.5 Å². The van der Waals surface area contributed by atoms with E-state index >= 15 is 0 Å². The maximum atomic E-state index is 8.87. The highest BCUT2D eigenvalue weighted by Crippen LogP contribution is 2.18. The zero-order valence-electron chi connectivity index (χ0n) is 7.42. The fraction of sp³-hybridized carbons (Fsp3) is 0.625. The van der Waals surface area contributed by atoms with Gasteiger partial charge in [0.15, 0.2) is 0 Å². The SMILES string of the molecule is CCc1nc(CO)sc1CNC. The second-order valence-corrected chi connectivity index (χ2v) is 3.69. The van der Waals surface area contributed by atoms with E-state index in [0.29, 0.717) is 0 Å². The number of thiazole rings is 1. The van der Waals surface area contributed by atoms with Gasteiger partial charge >= 0.3 is 0 Å². The summed E-state index contributed by atoms with van der Waals surface area (Å²) in [6, 6.07) is 0. The number of aliphatic hydroxyl groups is 1. The lowest BCUT2D eigenvalue weighted by Crippen LogP contribution is -2.05. The van der Waals surface area contributed by atoms with Gasteiger partial charge in [-0.05, 0) is 13.5 Å².